The molecule has 98 valence electrons. The second-order valence-electron chi connectivity index (χ2n) is 4.58. The van der Waals surface area contributed by atoms with E-state index in [1.807, 2.05) is 6.07 Å². The summed E-state index contributed by atoms with van der Waals surface area (Å²) in [7, 11) is 0. The van der Waals surface area contributed by atoms with Crippen LogP contribution in [0.4, 0.5) is 10.1 Å². The Hall–Kier alpha value is -1.62. The van der Waals surface area contributed by atoms with E-state index in [1.165, 1.54) is 6.07 Å². The maximum absolute atomic E-state index is 13.6. The summed E-state index contributed by atoms with van der Waals surface area (Å²) in [6.45, 7) is 0. The number of amides is 1. The van der Waals surface area contributed by atoms with E-state index in [0.717, 1.165) is 12.2 Å². The first-order valence-corrected chi connectivity index (χ1v) is 6.74. The van der Waals surface area contributed by atoms with Gasteiger partial charge in [0.05, 0.1) is 12.0 Å². The highest BCUT2D eigenvalue weighted by Gasteiger charge is 2.45. The van der Waals surface area contributed by atoms with Gasteiger partial charge in [-0.15, -0.1) is 0 Å². The minimum atomic E-state index is -0.446. The first-order chi connectivity index (χ1) is 9.15. The minimum absolute atomic E-state index is 0.119. The SMILES string of the molecule is O=C(Nc1ccc(Br)cc1F)C1CC1c1ccco1. The topological polar surface area (TPSA) is 42.2 Å². The van der Waals surface area contributed by atoms with Crippen molar-refractivity contribution in [1.82, 2.24) is 0 Å². The summed E-state index contributed by atoms with van der Waals surface area (Å²) in [6, 6.07) is 8.22. The Morgan fingerprint density at radius 1 is 1.42 bits per heavy atom. The number of halogens is 2. The van der Waals surface area contributed by atoms with E-state index >= 15 is 0 Å². The Labute approximate surface area is 117 Å². The largest absolute Gasteiger partial charge is 0.469 e. The summed E-state index contributed by atoms with van der Waals surface area (Å²) in [6.07, 6.45) is 2.34. The Balaban J connectivity index is 1.67. The van der Waals surface area contributed by atoms with Gasteiger partial charge in [0, 0.05) is 16.3 Å². The van der Waals surface area contributed by atoms with Crippen LogP contribution >= 0.6 is 15.9 Å². The molecule has 2 unspecified atom stereocenters. The zero-order chi connectivity index (χ0) is 13.4. The van der Waals surface area contributed by atoms with Crippen molar-refractivity contribution in [3.63, 3.8) is 0 Å². The van der Waals surface area contributed by atoms with Gasteiger partial charge in [-0.05, 0) is 36.8 Å². The standard InChI is InChI=1S/C14H11BrFNO2/c15-8-3-4-12(11(16)6-8)17-14(18)10-7-9(10)13-2-1-5-19-13/h1-6,9-10H,7H2,(H,17,18). The van der Waals surface area contributed by atoms with Gasteiger partial charge in [0.15, 0.2) is 0 Å². The van der Waals surface area contributed by atoms with Crippen LogP contribution in [-0.4, -0.2) is 5.91 Å². The molecule has 3 nitrogen and oxygen atoms in total. The Bertz CT molecular complexity index is 612. The van der Waals surface area contributed by atoms with Crippen LogP contribution < -0.4 is 5.32 Å². The van der Waals surface area contributed by atoms with Crippen LogP contribution in [0, 0.1) is 11.7 Å². The van der Waals surface area contributed by atoms with Gasteiger partial charge < -0.3 is 9.73 Å². The number of benzene rings is 1. The van der Waals surface area contributed by atoms with Crippen LogP contribution in [0.3, 0.4) is 0 Å². The quantitative estimate of drug-likeness (QED) is 0.930. The molecule has 2 atom stereocenters. The maximum Gasteiger partial charge on any atom is 0.228 e. The van der Waals surface area contributed by atoms with E-state index in [2.05, 4.69) is 21.2 Å². The van der Waals surface area contributed by atoms with Crippen LogP contribution in [0.25, 0.3) is 0 Å². The van der Waals surface area contributed by atoms with Crippen molar-refractivity contribution < 1.29 is 13.6 Å². The van der Waals surface area contributed by atoms with Crippen LogP contribution in [-0.2, 0) is 4.79 Å². The van der Waals surface area contributed by atoms with E-state index < -0.39 is 5.82 Å². The van der Waals surface area contributed by atoms with Crippen LogP contribution in [0.1, 0.15) is 18.1 Å². The third-order valence-corrected chi connectivity index (χ3v) is 3.72. The number of carbonyl (C=O) groups excluding carboxylic acids is 1. The molecule has 1 aliphatic rings. The number of anilines is 1. The molecule has 1 N–H and O–H groups in total. The molecule has 0 bridgehead atoms. The van der Waals surface area contributed by atoms with Crippen LogP contribution in [0.2, 0.25) is 0 Å². The molecule has 1 fully saturated rings. The molecular weight excluding hydrogens is 313 g/mol. The van der Waals surface area contributed by atoms with Crippen molar-refractivity contribution in [3.8, 4) is 0 Å². The fourth-order valence-electron chi connectivity index (χ4n) is 2.12. The number of furan rings is 1. The summed E-state index contributed by atoms with van der Waals surface area (Å²) in [5.41, 5.74) is 0.207. The molecule has 1 aliphatic carbocycles. The van der Waals surface area contributed by atoms with E-state index in [4.69, 9.17) is 4.42 Å². The lowest BCUT2D eigenvalue weighted by Crippen LogP contribution is -2.15. The Morgan fingerprint density at radius 3 is 2.95 bits per heavy atom. The zero-order valence-electron chi connectivity index (χ0n) is 9.90. The molecule has 0 aliphatic heterocycles. The third kappa shape index (κ3) is 2.56. The van der Waals surface area contributed by atoms with Crippen molar-refractivity contribution in [3.05, 3.63) is 52.6 Å². The van der Waals surface area contributed by atoms with E-state index in [9.17, 15) is 9.18 Å². The van der Waals surface area contributed by atoms with Gasteiger partial charge >= 0.3 is 0 Å². The summed E-state index contributed by atoms with van der Waals surface area (Å²) in [4.78, 5) is 12.0. The highest BCUT2D eigenvalue weighted by Crippen LogP contribution is 2.48. The smallest absolute Gasteiger partial charge is 0.228 e. The number of rotatable bonds is 3. The number of carbonyl (C=O) groups is 1. The normalized spacial score (nSPS) is 21.2. The molecule has 0 spiro atoms. The molecule has 1 saturated carbocycles. The van der Waals surface area contributed by atoms with Gasteiger partial charge in [-0.3, -0.25) is 4.79 Å². The molecule has 0 saturated heterocycles. The van der Waals surface area contributed by atoms with Crippen LogP contribution in [0.5, 0.6) is 0 Å². The second-order valence-corrected chi connectivity index (χ2v) is 5.49. The lowest BCUT2D eigenvalue weighted by molar-refractivity contribution is -0.117. The van der Waals surface area contributed by atoms with Gasteiger partial charge in [-0.25, -0.2) is 4.39 Å². The molecule has 19 heavy (non-hydrogen) atoms. The number of hydrogen-bond donors (Lipinski definition) is 1. The molecular formula is C14H11BrFNO2. The summed E-state index contributed by atoms with van der Waals surface area (Å²) in [5, 5.41) is 2.61. The average molecular weight is 324 g/mol. The van der Waals surface area contributed by atoms with E-state index in [0.29, 0.717) is 4.47 Å². The molecule has 1 heterocycles. The van der Waals surface area contributed by atoms with E-state index in [1.54, 1.807) is 24.5 Å². The summed E-state index contributed by atoms with van der Waals surface area (Å²) in [5.74, 6) is 0.194. The zero-order valence-corrected chi connectivity index (χ0v) is 11.5. The fraction of sp³-hybridized carbons (Fsp3) is 0.214. The molecule has 1 aromatic heterocycles. The van der Waals surface area contributed by atoms with Crippen molar-refractivity contribution in [2.24, 2.45) is 5.92 Å². The van der Waals surface area contributed by atoms with Gasteiger partial charge in [-0.1, -0.05) is 15.9 Å². The predicted octanol–water partition coefficient (Wildman–Crippen LogP) is 3.92. The van der Waals surface area contributed by atoms with Gasteiger partial charge in [0.1, 0.15) is 11.6 Å². The molecule has 1 aromatic carbocycles. The summed E-state index contributed by atoms with van der Waals surface area (Å²) < 4.78 is 19.5. The highest BCUT2D eigenvalue weighted by molar-refractivity contribution is 9.10. The first-order valence-electron chi connectivity index (χ1n) is 5.94. The lowest BCUT2D eigenvalue weighted by Gasteiger charge is -2.06. The van der Waals surface area contributed by atoms with Crippen molar-refractivity contribution in [2.45, 2.75) is 12.3 Å². The first kappa shape index (κ1) is 12.4. The van der Waals surface area contributed by atoms with Crippen molar-refractivity contribution in [2.75, 3.05) is 5.32 Å². The average Bonchev–Trinajstić information content (AvgIpc) is 2.99. The Kier molecular flexibility index (Phi) is 3.14. The Morgan fingerprint density at radius 2 is 2.26 bits per heavy atom. The van der Waals surface area contributed by atoms with Crippen molar-refractivity contribution >= 4 is 27.5 Å². The molecule has 3 rings (SSSR count). The number of nitrogens with one attached hydrogen (secondary N) is 1. The molecule has 5 heteroatoms. The minimum Gasteiger partial charge on any atom is -0.469 e. The molecule has 0 radical (unpaired) electrons. The maximum atomic E-state index is 13.6. The highest BCUT2D eigenvalue weighted by atomic mass is 79.9. The van der Waals surface area contributed by atoms with Crippen molar-refractivity contribution in [1.29, 1.82) is 0 Å². The molecule has 2 aromatic rings. The number of hydrogen-bond acceptors (Lipinski definition) is 2. The van der Waals surface area contributed by atoms with Gasteiger partial charge in [0.2, 0.25) is 5.91 Å². The second kappa shape index (κ2) is 4.81. The summed E-state index contributed by atoms with van der Waals surface area (Å²) >= 11 is 3.17. The lowest BCUT2D eigenvalue weighted by atomic mass is 10.2. The predicted molar refractivity (Wildman–Crippen MR) is 72.3 cm³/mol. The monoisotopic (exact) mass is 323 g/mol. The van der Waals surface area contributed by atoms with Gasteiger partial charge in [0.25, 0.3) is 0 Å². The fourth-order valence-corrected chi connectivity index (χ4v) is 2.45. The van der Waals surface area contributed by atoms with Crippen LogP contribution in [0.15, 0.2) is 45.5 Å². The van der Waals surface area contributed by atoms with Gasteiger partial charge in [-0.2, -0.15) is 0 Å². The molecule has 1 amide bonds. The third-order valence-electron chi connectivity index (χ3n) is 3.22. The van der Waals surface area contributed by atoms with E-state index in [-0.39, 0.29) is 23.4 Å².